The number of hydrogen-bond donors (Lipinski definition) is 0. The van der Waals surface area contributed by atoms with Crippen LogP contribution in [0.2, 0.25) is 5.02 Å². The zero-order chi connectivity index (χ0) is 26.9. The number of hydrogen-bond acceptors (Lipinski definition) is 5. The van der Waals surface area contributed by atoms with Crippen molar-refractivity contribution in [2.45, 2.75) is 6.61 Å². The Kier molecular flexibility index (Phi) is 7.08. The normalized spacial score (nSPS) is 11.6. The first-order chi connectivity index (χ1) is 19.0. The van der Waals surface area contributed by atoms with E-state index in [0.29, 0.717) is 45.2 Å². The zero-order valence-corrected chi connectivity index (χ0v) is 24.1. The van der Waals surface area contributed by atoms with Crippen molar-refractivity contribution >= 4 is 71.5 Å². The summed E-state index contributed by atoms with van der Waals surface area (Å²) < 4.78 is 15.3. The van der Waals surface area contributed by atoms with Crippen molar-refractivity contribution in [3.8, 4) is 17.3 Å². The molecule has 2 aromatic heterocycles. The molecule has 6 nitrogen and oxygen atoms in total. The number of fused-ring (bicyclic) bond motifs is 2. The van der Waals surface area contributed by atoms with E-state index in [4.69, 9.17) is 25.7 Å². The summed E-state index contributed by atoms with van der Waals surface area (Å²) >= 11 is 13.2. The molecule has 0 aliphatic carbocycles. The van der Waals surface area contributed by atoms with E-state index in [-0.39, 0.29) is 11.4 Å². The fraction of sp³-hybridized carbons (Fsp3) is 0.0333. The predicted octanol–water partition coefficient (Wildman–Crippen LogP) is 8.45. The Labute approximate surface area is 244 Å². The molecule has 0 aliphatic heterocycles. The standard InChI is InChI=1S/C30H18Br2ClN3O3/c31-21-10-9-19(24(32)15-21)17-38-26-8-4-1-5-18(26)16-34-36-29(35-25-7-3-2-6-23(25)30(36)37)28-14-20-13-22(33)11-12-27(20)39-28/h1-16H,17H2. The van der Waals surface area contributed by atoms with Gasteiger partial charge in [0.25, 0.3) is 5.56 Å². The minimum atomic E-state index is -0.317. The van der Waals surface area contributed by atoms with Crippen molar-refractivity contribution in [2.24, 2.45) is 5.10 Å². The average Bonchev–Trinajstić information content (AvgIpc) is 3.35. The van der Waals surface area contributed by atoms with Crippen LogP contribution in [0.15, 0.2) is 114 Å². The molecular weight excluding hydrogens is 646 g/mol. The van der Waals surface area contributed by atoms with E-state index in [1.54, 1.807) is 48.7 Å². The van der Waals surface area contributed by atoms with Crippen LogP contribution in [0.5, 0.6) is 5.75 Å². The van der Waals surface area contributed by atoms with Gasteiger partial charge in [-0.3, -0.25) is 4.79 Å². The van der Waals surface area contributed by atoms with Gasteiger partial charge in [0.1, 0.15) is 17.9 Å². The summed E-state index contributed by atoms with van der Waals surface area (Å²) in [5.41, 5.74) is 2.55. The molecule has 192 valence electrons. The lowest BCUT2D eigenvalue weighted by Crippen LogP contribution is -2.20. The summed E-state index contributed by atoms with van der Waals surface area (Å²) in [6.07, 6.45) is 1.59. The van der Waals surface area contributed by atoms with Crippen LogP contribution in [0.1, 0.15) is 11.1 Å². The summed E-state index contributed by atoms with van der Waals surface area (Å²) in [4.78, 5) is 18.3. The van der Waals surface area contributed by atoms with Gasteiger partial charge < -0.3 is 9.15 Å². The SMILES string of the molecule is O=c1c2ccccc2nc(-c2cc3cc(Cl)ccc3o2)n1N=Cc1ccccc1OCc1ccc(Br)cc1Br. The van der Waals surface area contributed by atoms with Crippen LogP contribution in [-0.2, 0) is 6.61 Å². The zero-order valence-electron chi connectivity index (χ0n) is 20.1. The summed E-state index contributed by atoms with van der Waals surface area (Å²) in [5, 5.41) is 6.40. The molecule has 6 aromatic rings. The van der Waals surface area contributed by atoms with Crippen LogP contribution in [0, 0.1) is 0 Å². The molecular formula is C30H18Br2ClN3O3. The van der Waals surface area contributed by atoms with E-state index in [1.807, 2.05) is 48.5 Å². The molecule has 0 radical (unpaired) electrons. The monoisotopic (exact) mass is 661 g/mol. The Morgan fingerprint density at radius 1 is 0.974 bits per heavy atom. The van der Waals surface area contributed by atoms with E-state index < -0.39 is 0 Å². The third-order valence-corrected chi connectivity index (χ3v) is 7.55. The van der Waals surface area contributed by atoms with Gasteiger partial charge in [-0.15, -0.1) is 0 Å². The fourth-order valence-corrected chi connectivity index (χ4v) is 5.49. The van der Waals surface area contributed by atoms with Gasteiger partial charge in [-0.1, -0.05) is 73.8 Å². The molecule has 0 unspecified atom stereocenters. The maximum Gasteiger partial charge on any atom is 0.282 e. The number of para-hydroxylation sites is 2. The Morgan fingerprint density at radius 3 is 2.67 bits per heavy atom. The predicted molar refractivity (Wildman–Crippen MR) is 162 cm³/mol. The van der Waals surface area contributed by atoms with Crippen molar-refractivity contribution in [3.05, 3.63) is 126 Å². The second kappa shape index (κ2) is 10.8. The van der Waals surface area contributed by atoms with E-state index in [1.165, 1.54) is 4.68 Å². The van der Waals surface area contributed by atoms with E-state index in [2.05, 4.69) is 37.0 Å². The largest absolute Gasteiger partial charge is 0.488 e. The van der Waals surface area contributed by atoms with Crippen LogP contribution in [-0.4, -0.2) is 15.9 Å². The van der Waals surface area contributed by atoms with Crippen molar-refractivity contribution < 1.29 is 9.15 Å². The highest BCUT2D eigenvalue weighted by molar-refractivity contribution is 9.11. The maximum absolute atomic E-state index is 13.6. The molecule has 9 heteroatoms. The van der Waals surface area contributed by atoms with E-state index >= 15 is 0 Å². The number of aromatic nitrogens is 2. The molecule has 0 amide bonds. The van der Waals surface area contributed by atoms with Crippen molar-refractivity contribution in [1.29, 1.82) is 0 Å². The van der Waals surface area contributed by atoms with Crippen molar-refractivity contribution in [2.75, 3.05) is 0 Å². The van der Waals surface area contributed by atoms with Gasteiger partial charge in [-0.05, 0) is 60.7 Å². The van der Waals surface area contributed by atoms with Crippen LogP contribution in [0.3, 0.4) is 0 Å². The molecule has 39 heavy (non-hydrogen) atoms. The number of ether oxygens (including phenoxy) is 1. The highest BCUT2D eigenvalue weighted by Crippen LogP contribution is 2.29. The van der Waals surface area contributed by atoms with Gasteiger partial charge in [0.15, 0.2) is 5.76 Å². The molecule has 6 rings (SSSR count). The lowest BCUT2D eigenvalue weighted by molar-refractivity contribution is 0.305. The highest BCUT2D eigenvalue weighted by atomic mass is 79.9. The third kappa shape index (κ3) is 5.28. The highest BCUT2D eigenvalue weighted by Gasteiger charge is 2.17. The summed E-state index contributed by atoms with van der Waals surface area (Å²) in [6.45, 7) is 0.350. The maximum atomic E-state index is 13.6. The Bertz CT molecular complexity index is 1950. The minimum Gasteiger partial charge on any atom is -0.488 e. The van der Waals surface area contributed by atoms with Crippen LogP contribution in [0.4, 0.5) is 0 Å². The topological polar surface area (TPSA) is 69.6 Å². The Hall–Kier alpha value is -3.72. The molecule has 0 N–H and O–H groups in total. The Morgan fingerprint density at radius 2 is 1.79 bits per heavy atom. The lowest BCUT2D eigenvalue weighted by atomic mass is 10.2. The first-order valence-electron chi connectivity index (χ1n) is 11.9. The van der Waals surface area contributed by atoms with Crippen LogP contribution >= 0.6 is 43.5 Å². The summed E-state index contributed by atoms with van der Waals surface area (Å²) in [7, 11) is 0. The van der Waals surface area contributed by atoms with Crippen LogP contribution < -0.4 is 10.3 Å². The third-order valence-electron chi connectivity index (χ3n) is 6.08. The summed E-state index contributed by atoms with van der Waals surface area (Å²) in [5.74, 6) is 1.30. The Balaban J connectivity index is 1.41. The first kappa shape index (κ1) is 25.6. The second-order valence-electron chi connectivity index (χ2n) is 8.67. The molecule has 0 fully saturated rings. The number of nitrogens with zero attached hydrogens (tertiary/aromatic N) is 3. The molecule has 0 saturated carbocycles. The van der Waals surface area contributed by atoms with Gasteiger partial charge in [-0.25, -0.2) is 4.98 Å². The van der Waals surface area contributed by atoms with E-state index in [0.717, 1.165) is 19.9 Å². The smallest absolute Gasteiger partial charge is 0.282 e. The van der Waals surface area contributed by atoms with Crippen molar-refractivity contribution in [3.63, 3.8) is 0 Å². The van der Waals surface area contributed by atoms with Crippen molar-refractivity contribution in [1.82, 2.24) is 9.66 Å². The number of halogens is 3. The van der Waals surface area contributed by atoms with E-state index in [9.17, 15) is 4.79 Å². The molecule has 0 aliphatic rings. The quantitative estimate of drug-likeness (QED) is 0.168. The molecule has 0 saturated heterocycles. The first-order valence-corrected chi connectivity index (χ1v) is 13.8. The lowest BCUT2D eigenvalue weighted by Gasteiger charge is -2.11. The number of rotatable bonds is 6. The molecule has 4 aromatic carbocycles. The fourth-order valence-electron chi connectivity index (χ4n) is 4.15. The average molecular weight is 664 g/mol. The second-order valence-corrected chi connectivity index (χ2v) is 10.9. The molecule has 0 bridgehead atoms. The number of furan rings is 1. The van der Waals surface area contributed by atoms with Crippen LogP contribution in [0.25, 0.3) is 33.5 Å². The van der Waals surface area contributed by atoms with Gasteiger partial charge in [0.05, 0.1) is 17.1 Å². The van der Waals surface area contributed by atoms with Gasteiger partial charge >= 0.3 is 0 Å². The number of benzene rings is 4. The molecule has 0 spiro atoms. The molecule has 2 heterocycles. The van der Waals surface area contributed by atoms with Gasteiger partial charge in [-0.2, -0.15) is 9.78 Å². The summed E-state index contributed by atoms with van der Waals surface area (Å²) in [6, 6.07) is 27.7. The molecule has 0 atom stereocenters. The van der Waals surface area contributed by atoms with Gasteiger partial charge in [0.2, 0.25) is 5.82 Å². The minimum absolute atomic E-state index is 0.277. The van der Waals surface area contributed by atoms with Gasteiger partial charge in [0, 0.05) is 30.5 Å².